The van der Waals surface area contributed by atoms with E-state index in [0.29, 0.717) is 36.5 Å². The molecule has 1 saturated carbocycles. The van der Waals surface area contributed by atoms with E-state index < -0.39 is 5.72 Å². The molecule has 0 radical (unpaired) electrons. The van der Waals surface area contributed by atoms with Crippen LogP contribution in [0, 0.1) is 5.92 Å². The molecule has 8 heteroatoms. The molecule has 2 atom stereocenters. The summed E-state index contributed by atoms with van der Waals surface area (Å²) in [6, 6.07) is 9.25. The van der Waals surface area contributed by atoms with Crippen LogP contribution in [-0.4, -0.2) is 61.2 Å². The van der Waals surface area contributed by atoms with E-state index in [9.17, 15) is 5.11 Å². The predicted octanol–water partition coefficient (Wildman–Crippen LogP) is 5.06. The highest BCUT2D eigenvalue weighted by atomic mass is 16.6. The van der Waals surface area contributed by atoms with E-state index in [4.69, 9.17) is 15.2 Å². The number of anilines is 1. The number of ether oxygens (including phenoxy) is 2. The molecule has 3 N–H and O–H groups in total. The second-order valence-electron chi connectivity index (χ2n) is 12.9. The third kappa shape index (κ3) is 3.98. The van der Waals surface area contributed by atoms with Crippen molar-refractivity contribution >= 4 is 16.9 Å². The van der Waals surface area contributed by atoms with Crippen LogP contribution in [0.1, 0.15) is 76.7 Å². The lowest BCUT2D eigenvalue weighted by Gasteiger charge is -2.46. The summed E-state index contributed by atoms with van der Waals surface area (Å²) in [6.07, 6.45) is 16.3. The van der Waals surface area contributed by atoms with Crippen molar-refractivity contribution in [1.82, 2.24) is 19.4 Å². The van der Waals surface area contributed by atoms with Gasteiger partial charge in [0.2, 0.25) is 0 Å². The van der Waals surface area contributed by atoms with Crippen molar-refractivity contribution < 1.29 is 14.6 Å². The summed E-state index contributed by atoms with van der Waals surface area (Å²) in [5.74, 6) is 1.97. The number of rotatable bonds is 7. The molecule has 2 aromatic heterocycles. The lowest BCUT2D eigenvalue weighted by molar-refractivity contribution is -0.129. The summed E-state index contributed by atoms with van der Waals surface area (Å²) in [4.78, 5) is 11.5. The van der Waals surface area contributed by atoms with E-state index in [0.717, 1.165) is 98.7 Å². The second kappa shape index (κ2) is 8.91. The van der Waals surface area contributed by atoms with Gasteiger partial charge in [0.1, 0.15) is 41.5 Å². The normalized spacial score (nSPS) is 35.5. The van der Waals surface area contributed by atoms with Crippen LogP contribution in [0.5, 0.6) is 5.75 Å². The number of nitrogens with two attached hydrogens (primary N) is 1. The fourth-order valence-corrected chi connectivity index (χ4v) is 8.36. The average Bonchev–Trinajstić information content (AvgIpc) is 3.66. The lowest BCUT2D eigenvalue weighted by atomic mass is 9.79. The summed E-state index contributed by atoms with van der Waals surface area (Å²) in [7, 11) is 0. The zero-order chi connectivity index (χ0) is 26.2. The molecule has 2 unspecified atom stereocenters. The van der Waals surface area contributed by atoms with Crippen molar-refractivity contribution in [2.45, 2.75) is 100 Å². The maximum absolute atomic E-state index is 11.2. The first-order valence-electron chi connectivity index (χ1n) is 15.0. The van der Waals surface area contributed by atoms with Gasteiger partial charge in [-0.3, -0.25) is 4.90 Å². The fraction of sp³-hybridized carbons (Fsp3) is 0.613. The molecule has 8 rings (SSSR count). The number of aromatic nitrogens is 3. The number of hydrogen-bond donors (Lipinski definition) is 2. The number of aliphatic hydroxyl groups is 1. The van der Waals surface area contributed by atoms with Gasteiger partial charge in [-0.15, -0.1) is 0 Å². The van der Waals surface area contributed by atoms with E-state index in [2.05, 4.69) is 43.8 Å². The number of piperidine rings is 1. The Morgan fingerprint density at radius 2 is 1.92 bits per heavy atom. The van der Waals surface area contributed by atoms with Crippen molar-refractivity contribution in [3.8, 4) is 16.9 Å². The molecule has 39 heavy (non-hydrogen) atoms. The Morgan fingerprint density at radius 1 is 1.05 bits per heavy atom. The molecular weight excluding hydrogens is 490 g/mol. The first kappa shape index (κ1) is 24.1. The third-order valence-corrected chi connectivity index (χ3v) is 10.6. The van der Waals surface area contributed by atoms with Crippen molar-refractivity contribution in [3.05, 3.63) is 36.8 Å². The number of nitrogen functional groups attached to an aromatic ring is 1. The van der Waals surface area contributed by atoms with Gasteiger partial charge in [-0.2, -0.15) is 0 Å². The largest absolute Gasteiger partial charge is 0.491 e. The van der Waals surface area contributed by atoms with Gasteiger partial charge < -0.3 is 24.9 Å². The topological polar surface area (TPSA) is 98.7 Å². The molecule has 0 spiro atoms. The lowest BCUT2D eigenvalue weighted by Crippen LogP contribution is -2.53. The average molecular weight is 530 g/mol. The predicted molar refractivity (Wildman–Crippen MR) is 149 cm³/mol. The summed E-state index contributed by atoms with van der Waals surface area (Å²) in [6.45, 7) is 1.61. The van der Waals surface area contributed by atoms with Crippen LogP contribution in [0.25, 0.3) is 22.2 Å². The molecule has 4 aliphatic heterocycles. The number of nitrogens with zero attached hydrogens (tertiary/aromatic N) is 4. The molecule has 4 bridgehead atoms. The van der Waals surface area contributed by atoms with Gasteiger partial charge in [0, 0.05) is 30.4 Å². The van der Waals surface area contributed by atoms with E-state index in [1.807, 2.05) is 6.07 Å². The minimum atomic E-state index is -0.556. The zero-order valence-corrected chi connectivity index (χ0v) is 22.6. The van der Waals surface area contributed by atoms with E-state index >= 15 is 0 Å². The summed E-state index contributed by atoms with van der Waals surface area (Å²) >= 11 is 0. The Balaban J connectivity index is 1.02. The van der Waals surface area contributed by atoms with Crippen LogP contribution in [0.2, 0.25) is 0 Å². The minimum Gasteiger partial charge on any atom is -0.491 e. The van der Waals surface area contributed by atoms with Crippen LogP contribution in [0.15, 0.2) is 36.8 Å². The Morgan fingerprint density at radius 3 is 2.72 bits per heavy atom. The smallest absolute Gasteiger partial charge is 0.146 e. The summed E-state index contributed by atoms with van der Waals surface area (Å²) in [5, 5.41) is 12.1. The minimum absolute atomic E-state index is 0.0981. The molecule has 206 valence electrons. The molecule has 1 aliphatic carbocycles. The van der Waals surface area contributed by atoms with Crippen molar-refractivity contribution in [3.63, 3.8) is 0 Å². The quantitative estimate of drug-likeness (QED) is 0.441. The fourth-order valence-electron chi connectivity index (χ4n) is 8.36. The van der Waals surface area contributed by atoms with Gasteiger partial charge in [-0.05, 0) is 94.2 Å². The van der Waals surface area contributed by atoms with Crippen molar-refractivity contribution in [1.29, 1.82) is 0 Å². The molecule has 3 aromatic rings. The van der Waals surface area contributed by atoms with Gasteiger partial charge in [0.25, 0.3) is 0 Å². The van der Waals surface area contributed by atoms with E-state index in [1.165, 1.54) is 6.42 Å². The van der Waals surface area contributed by atoms with Gasteiger partial charge in [-0.1, -0.05) is 12.1 Å². The molecule has 0 amide bonds. The van der Waals surface area contributed by atoms with Crippen LogP contribution < -0.4 is 10.5 Å². The Labute approximate surface area is 229 Å². The third-order valence-electron chi connectivity index (χ3n) is 10.6. The Hall–Kier alpha value is -2.68. The highest BCUT2D eigenvalue weighted by molar-refractivity contribution is 6.00. The van der Waals surface area contributed by atoms with Crippen LogP contribution in [0.4, 0.5) is 5.82 Å². The van der Waals surface area contributed by atoms with Gasteiger partial charge >= 0.3 is 0 Å². The monoisotopic (exact) mass is 529 g/mol. The highest BCUT2D eigenvalue weighted by Gasteiger charge is 2.49. The zero-order valence-electron chi connectivity index (χ0n) is 22.6. The molecule has 6 heterocycles. The first-order chi connectivity index (χ1) is 19.0. The number of hydrogen-bond acceptors (Lipinski definition) is 7. The highest BCUT2D eigenvalue weighted by Crippen LogP contribution is 2.48. The van der Waals surface area contributed by atoms with Gasteiger partial charge in [-0.25, -0.2) is 9.97 Å². The van der Waals surface area contributed by atoms with Crippen molar-refractivity contribution in [2.24, 2.45) is 5.92 Å². The van der Waals surface area contributed by atoms with E-state index in [1.54, 1.807) is 6.33 Å². The molecule has 1 aromatic carbocycles. The number of fused-ring (bicyclic) bond motifs is 5. The number of benzene rings is 1. The summed E-state index contributed by atoms with van der Waals surface area (Å²) < 4.78 is 14.8. The van der Waals surface area contributed by atoms with E-state index in [-0.39, 0.29) is 5.60 Å². The van der Waals surface area contributed by atoms with Crippen LogP contribution in [0.3, 0.4) is 0 Å². The SMILES string of the molecule is Nc1ncnc2c1c(-c1cccc(OCC34CCC(CC3)O4)c1)cn2[C@H]1C[C@@H](CN2C3CCCC2(O)CC3)C1. The molecule has 8 nitrogen and oxygen atoms in total. The van der Waals surface area contributed by atoms with Crippen molar-refractivity contribution in [2.75, 3.05) is 18.9 Å². The standard InChI is InChI=1S/C31H39N5O3/c32-28-27-26(21-3-1-5-25(15-21)38-18-30-10-7-24(39-30)8-11-30)17-35(29(27)34-19-33-28)23-13-20(14-23)16-36-22-4-2-9-31(36,37)12-6-22/h1,3,5,15,17,19-20,22-24,37H,2,4,6-14,16,18H2,(H2,32,33,34)/t20-,22?,23+,24?,30?,31?. The van der Waals surface area contributed by atoms with Crippen LogP contribution >= 0.6 is 0 Å². The molecular formula is C31H39N5O3. The van der Waals surface area contributed by atoms with Gasteiger partial charge in [0.15, 0.2) is 0 Å². The second-order valence-corrected chi connectivity index (χ2v) is 12.9. The Bertz CT molecular complexity index is 1390. The molecule has 4 saturated heterocycles. The van der Waals surface area contributed by atoms with Crippen LogP contribution in [-0.2, 0) is 4.74 Å². The molecule has 5 aliphatic rings. The maximum atomic E-state index is 11.2. The molecule has 5 fully saturated rings. The first-order valence-corrected chi connectivity index (χ1v) is 15.0. The summed E-state index contributed by atoms with van der Waals surface area (Å²) in [5.41, 5.74) is 8.81. The maximum Gasteiger partial charge on any atom is 0.146 e. The van der Waals surface area contributed by atoms with Gasteiger partial charge in [0.05, 0.1) is 11.5 Å². The Kier molecular flexibility index (Phi) is 5.52.